The highest BCUT2D eigenvalue weighted by Gasteiger charge is 2.07. The molecule has 0 aromatic heterocycles. The van der Waals surface area contributed by atoms with Crippen LogP contribution in [0.15, 0.2) is 0 Å². The van der Waals surface area contributed by atoms with Crippen LogP contribution in [0.2, 0.25) is 0 Å². The first-order valence-corrected chi connectivity index (χ1v) is 12.3. The van der Waals surface area contributed by atoms with E-state index in [1.54, 1.807) is 0 Å². The maximum absolute atomic E-state index is 5.60. The summed E-state index contributed by atoms with van der Waals surface area (Å²) in [5.74, 6) is 3.73. The largest absolute Gasteiger partial charge is 0.120 e. The first kappa shape index (κ1) is 25.6. The van der Waals surface area contributed by atoms with Crippen molar-refractivity contribution in [1.82, 2.24) is 0 Å². The molecule has 0 aromatic rings. The topological polar surface area (TPSA) is 0 Å². The Morgan fingerprint density at radius 2 is 0.808 bits per heavy atom. The molecule has 0 aliphatic carbocycles. The molecule has 0 fully saturated rings. The van der Waals surface area contributed by atoms with Gasteiger partial charge in [0.05, 0.1) is 0 Å². The summed E-state index contributed by atoms with van der Waals surface area (Å²) in [4.78, 5) is 0. The van der Waals surface area contributed by atoms with Crippen molar-refractivity contribution in [2.24, 2.45) is 5.92 Å². The lowest BCUT2D eigenvalue weighted by Gasteiger charge is -2.14. The second kappa shape index (κ2) is 22.6. The van der Waals surface area contributed by atoms with Gasteiger partial charge in [-0.05, 0) is 18.8 Å². The lowest BCUT2D eigenvalue weighted by atomic mass is 9.91. The molecular weight excluding hydrogens is 312 g/mol. The molecule has 1 unspecified atom stereocenters. The van der Waals surface area contributed by atoms with Gasteiger partial charge in [-0.25, -0.2) is 0 Å². The average Bonchev–Trinajstić information content (AvgIpc) is 2.65. The van der Waals surface area contributed by atoms with Gasteiger partial charge in [-0.2, -0.15) is 0 Å². The molecule has 0 heteroatoms. The first-order chi connectivity index (χ1) is 12.8. The minimum Gasteiger partial charge on any atom is -0.120 e. The monoisotopic (exact) mass is 362 g/mol. The summed E-state index contributed by atoms with van der Waals surface area (Å²) in [6.45, 7) is 4.59. The van der Waals surface area contributed by atoms with Gasteiger partial charge in [-0.3, -0.25) is 0 Å². The summed E-state index contributed by atoms with van der Waals surface area (Å²) in [5, 5.41) is 0. The van der Waals surface area contributed by atoms with Gasteiger partial charge >= 0.3 is 0 Å². The van der Waals surface area contributed by atoms with E-state index in [2.05, 4.69) is 19.8 Å². The molecular formula is C26H50. The molecule has 0 N–H and O–H groups in total. The van der Waals surface area contributed by atoms with E-state index in [1.807, 2.05) is 0 Å². The third-order valence-corrected chi connectivity index (χ3v) is 5.84. The normalized spacial score (nSPS) is 12.2. The van der Waals surface area contributed by atoms with Crippen LogP contribution in [0.4, 0.5) is 0 Å². The fourth-order valence-corrected chi connectivity index (χ4v) is 4.00. The molecule has 0 rings (SSSR count). The molecule has 0 saturated heterocycles. The minimum atomic E-state index is 0.800. The van der Waals surface area contributed by atoms with E-state index in [4.69, 9.17) is 6.42 Å². The van der Waals surface area contributed by atoms with E-state index in [0.717, 1.165) is 12.3 Å². The Balaban J connectivity index is 3.43. The van der Waals surface area contributed by atoms with Crippen LogP contribution in [-0.2, 0) is 0 Å². The van der Waals surface area contributed by atoms with E-state index in [-0.39, 0.29) is 0 Å². The molecule has 0 aliphatic heterocycles. The lowest BCUT2D eigenvalue weighted by Crippen LogP contribution is -2.00. The second-order valence-corrected chi connectivity index (χ2v) is 8.51. The first-order valence-electron chi connectivity index (χ1n) is 12.3. The zero-order valence-corrected chi connectivity index (χ0v) is 18.5. The zero-order chi connectivity index (χ0) is 19.1. The molecule has 0 nitrogen and oxygen atoms in total. The fraction of sp³-hybridized carbons (Fsp3) is 0.923. The van der Waals surface area contributed by atoms with Gasteiger partial charge in [0.25, 0.3) is 0 Å². The molecule has 0 radical (unpaired) electrons. The molecule has 0 aromatic carbocycles. The number of hydrogen-bond acceptors (Lipinski definition) is 0. The van der Waals surface area contributed by atoms with Gasteiger partial charge < -0.3 is 0 Å². The maximum Gasteiger partial charge on any atom is 0.0114 e. The maximum atomic E-state index is 5.60. The average molecular weight is 363 g/mol. The highest BCUT2D eigenvalue weighted by molar-refractivity contribution is 4.86. The molecule has 26 heavy (non-hydrogen) atoms. The van der Waals surface area contributed by atoms with Gasteiger partial charge in [0, 0.05) is 6.42 Å². The van der Waals surface area contributed by atoms with Crippen molar-refractivity contribution in [1.29, 1.82) is 0 Å². The third kappa shape index (κ3) is 19.9. The Labute approximate surface area is 167 Å². The summed E-state index contributed by atoms with van der Waals surface area (Å²) in [7, 11) is 0. The molecule has 0 heterocycles. The van der Waals surface area contributed by atoms with Crippen LogP contribution in [0.5, 0.6) is 0 Å². The van der Waals surface area contributed by atoms with Gasteiger partial charge in [-0.1, -0.05) is 129 Å². The third-order valence-electron chi connectivity index (χ3n) is 5.84. The minimum absolute atomic E-state index is 0.800. The summed E-state index contributed by atoms with van der Waals surface area (Å²) in [6, 6.07) is 0. The summed E-state index contributed by atoms with van der Waals surface area (Å²) < 4.78 is 0. The van der Waals surface area contributed by atoms with E-state index >= 15 is 0 Å². The fourth-order valence-electron chi connectivity index (χ4n) is 4.00. The van der Waals surface area contributed by atoms with Crippen molar-refractivity contribution in [2.45, 2.75) is 149 Å². The quantitative estimate of drug-likeness (QED) is 0.141. The highest BCUT2D eigenvalue weighted by atomic mass is 14.1. The Kier molecular flexibility index (Phi) is 22.2. The van der Waals surface area contributed by atoms with Crippen molar-refractivity contribution in [3.63, 3.8) is 0 Å². The lowest BCUT2D eigenvalue weighted by molar-refractivity contribution is 0.409. The summed E-state index contributed by atoms with van der Waals surface area (Å²) in [5.41, 5.74) is 0. The van der Waals surface area contributed by atoms with Crippen LogP contribution >= 0.6 is 0 Å². The van der Waals surface area contributed by atoms with Crippen LogP contribution < -0.4 is 0 Å². The molecule has 0 amide bonds. The van der Waals surface area contributed by atoms with Crippen molar-refractivity contribution >= 4 is 0 Å². The SMILES string of the molecule is C#CCC(CCCCCCCCCC)CCCCCCCCCCCC. The summed E-state index contributed by atoms with van der Waals surface area (Å²) >= 11 is 0. The number of terminal acetylenes is 1. The molecule has 0 bridgehead atoms. The van der Waals surface area contributed by atoms with Crippen molar-refractivity contribution < 1.29 is 0 Å². The van der Waals surface area contributed by atoms with Gasteiger partial charge in [-0.15, -0.1) is 12.3 Å². The van der Waals surface area contributed by atoms with E-state index in [1.165, 1.54) is 128 Å². The molecule has 0 aliphatic rings. The molecule has 154 valence electrons. The van der Waals surface area contributed by atoms with Crippen LogP contribution in [0.25, 0.3) is 0 Å². The van der Waals surface area contributed by atoms with Gasteiger partial charge in [0.15, 0.2) is 0 Å². The van der Waals surface area contributed by atoms with Crippen molar-refractivity contribution in [3.8, 4) is 12.3 Å². The Hall–Kier alpha value is -0.440. The highest BCUT2D eigenvalue weighted by Crippen LogP contribution is 2.22. The predicted molar refractivity (Wildman–Crippen MR) is 121 cm³/mol. The standard InChI is InChI=1S/C26H50/c1-4-7-9-11-13-15-16-18-20-22-25-26(23-6-3)24-21-19-17-14-12-10-8-5-2/h3,26H,4-5,7-25H2,1-2H3. The van der Waals surface area contributed by atoms with Crippen LogP contribution in [-0.4, -0.2) is 0 Å². The van der Waals surface area contributed by atoms with E-state index in [0.29, 0.717) is 0 Å². The van der Waals surface area contributed by atoms with Gasteiger partial charge in [0.2, 0.25) is 0 Å². The molecule has 1 atom stereocenters. The van der Waals surface area contributed by atoms with Crippen LogP contribution in [0.1, 0.15) is 149 Å². The van der Waals surface area contributed by atoms with Crippen LogP contribution in [0.3, 0.4) is 0 Å². The number of unbranched alkanes of at least 4 members (excludes halogenated alkanes) is 16. The summed E-state index contributed by atoms with van der Waals surface area (Å²) in [6.07, 6.45) is 35.0. The number of hydrogen-bond donors (Lipinski definition) is 0. The Morgan fingerprint density at radius 1 is 0.500 bits per heavy atom. The second-order valence-electron chi connectivity index (χ2n) is 8.51. The van der Waals surface area contributed by atoms with Gasteiger partial charge in [0.1, 0.15) is 0 Å². The predicted octanol–water partition coefficient (Wildman–Crippen LogP) is 9.47. The molecule has 0 spiro atoms. The Bertz CT molecular complexity index is 285. The van der Waals surface area contributed by atoms with Crippen molar-refractivity contribution in [3.05, 3.63) is 0 Å². The molecule has 0 saturated carbocycles. The number of rotatable bonds is 21. The zero-order valence-electron chi connectivity index (χ0n) is 18.5. The van der Waals surface area contributed by atoms with Crippen molar-refractivity contribution in [2.75, 3.05) is 0 Å². The van der Waals surface area contributed by atoms with E-state index < -0.39 is 0 Å². The Morgan fingerprint density at radius 3 is 1.12 bits per heavy atom. The van der Waals surface area contributed by atoms with Crippen LogP contribution in [0, 0.1) is 18.3 Å². The smallest absolute Gasteiger partial charge is 0.0114 e. The van der Waals surface area contributed by atoms with E-state index in [9.17, 15) is 0 Å².